The molecule has 3 aromatic rings. The van der Waals surface area contributed by atoms with Crippen molar-refractivity contribution in [1.82, 2.24) is 14.9 Å². The minimum Gasteiger partial charge on any atom is -0.484 e. The van der Waals surface area contributed by atoms with Crippen molar-refractivity contribution in [2.24, 2.45) is 0 Å². The predicted molar refractivity (Wildman–Crippen MR) is 122 cm³/mol. The van der Waals surface area contributed by atoms with Crippen molar-refractivity contribution < 1.29 is 9.53 Å². The first-order valence-electron chi connectivity index (χ1n) is 10.2. The van der Waals surface area contributed by atoms with E-state index in [9.17, 15) is 4.79 Å². The van der Waals surface area contributed by atoms with E-state index in [2.05, 4.69) is 49.4 Å². The third-order valence-corrected chi connectivity index (χ3v) is 5.27. The summed E-state index contributed by atoms with van der Waals surface area (Å²) in [5, 5.41) is 3.32. The number of aromatic nitrogens is 2. The van der Waals surface area contributed by atoms with Gasteiger partial charge in [0.1, 0.15) is 23.7 Å². The molecule has 0 radical (unpaired) electrons. The van der Waals surface area contributed by atoms with Crippen molar-refractivity contribution in [2.45, 2.75) is 6.54 Å². The van der Waals surface area contributed by atoms with E-state index in [1.807, 2.05) is 6.07 Å². The highest BCUT2D eigenvalue weighted by atomic mass is 35.5. The number of amides is 1. The van der Waals surface area contributed by atoms with E-state index < -0.39 is 0 Å². The Labute approximate surface area is 186 Å². The van der Waals surface area contributed by atoms with E-state index in [0.29, 0.717) is 16.6 Å². The van der Waals surface area contributed by atoms with Gasteiger partial charge in [-0.15, -0.1) is 0 Å². The predicted octanol–water partition coefficient (Wildman–Crippen LogP) is 3.47. The Morgan fingerprint density at radius 2 is 1.81 bits per heavy atom. The largest absolute Gasteiger partial charge is 0.484 e. The van der Waals surface area contributed by atoms with Crippen molar-refractivity contribution in [3.63, 3.8) is 0 Å². The second-order valence-electron chi connectivity index (χ2n) is 7.30. The maximum absolute atomic E-state index is 12.2. The molecule has 1 aromatic heterocycles. The average Bonchev–Trinajstić information content (AvgIpc) is 2.79. The Bertz CT molecular complexity index is 1010. The lowest BCUT2D eigenvalue weighted by molar-refractivity contribution is -0.118. The van der Waals surface area contributed by atoms with Crippen LogP contribution in [0.2, 0.25) is 5.02 Å². The van der Waals surface area contributed by atoms with E-state index in [4.69, 9.17) is 16.3 Å². The number of piperazine rings is 1. The van der Waals surface area contributed by atoms with Crippen LogP contribution in [0.15, 0.2) is 67.0 Å². The normalized spacial score (nSPS) is 14.3. The maximum atomic E-state index is 12.2. The molecule has 1 N–H and O–H groups in total. The van der Waals surface area contributed by atoms with Crippen molar-refractivity contribution >= 4 is 29.1 Å². The second kappa shape index (κ2) is 10.2. The van der Waals surface area contributed by atoms with Crippen molar-refractivity contribution in [2.75, 3.05) is 43.0 Å². The number of carbonyl (C=O) groups excluding carboxylic acids is 1. The molecule has 1 saturated heterocycles. The zero-order chi connectivity index (χ0) is 21.5. The van der Waals surface area contributed by atoms with Gasteiger partial charge in [-0.3, -0.25) is 9.69 Å². The van der Waals surface area contributed by atoms with Gasteiger partial charge in [-0.25, -0.2) is 9.97 Å². The van der Waals surface area contributed by atoms with Gasteiger partial charge in [-0.05, 0) is 23.8 Å². The molecule has 0 bridgehead atoms. The Kier molecular flexibility index (Phi) is 6.96. The molecule has 0 aliphatic carbocycles. The lowest BCUT2D eigenvalue weighted by Crippen LogP contribution is -2.46. The zero-order valence-corrected chi connectivity index (χ0v) is 17.8. The highest BCUT2D eigenvalue weighted by molar-refractivity contribution is 6.30. The number of rotatable bonds is 7. The fourth-order valence-corrected chi connectivity index (χ4v) is 3.63. The summed E-state index contributed by atoms with van der Waals surface area (Å²) in [6, 6.07) is 19.2. The number of benzene rings is 2. The average molecular weight is 438 g/mol. The lowest BCUT2D eigenvalue weighted by atomic mass is 10.2. The van der Waals surface area contributed by atoms with E-state index in [-0.39, 0.29) is 12.5 Å². The van der Waals surface area contributed by atoms with Gasteiger partial charge in [0, 0.05) is 43.8 Å². The van der Waals surface area contributed by atoms with Gasteiger partial charge in [0.25, 0.3) is 5.91 Å². The molecule has 1 aliphatic rings. The SMILES string of the molecule is O=C(COc1cccc(Cl)c1)Nc1cc(N2CCN(Cc3ccccc3)CC2)ncn1. The van der Waals surface area contributed by atoms with Gasteiger partial charge >= 0.3 is 0 Å². The van der Waals surface area contributed by atoms with Crippen LogP contribution in [0.4, 0.5) is 11.6 Å². The number of nitrogens with zero attached hydrogens (tertiary/aromatic N) is 4. The molecule has 160 valence electrons. The molecule has 1 aliphatic heterocycles. The molecule has 1 amide bonds. The Balaban J connectivity index is 1.27. The number of anilines is 2. The van der Waals surface area contributed by atoms with Crippen molar-refractivity contribution in [3.8, 4) is 5.75 Å². The summed E-state index contributed by atoms with van der Waals surface area (Å²) in [6.07, 6.45) is 1.47. The molecule has 8 heteroatoms. The first-order valence-corrected chi connectivity index (χ1v) is 10.5. The number of carbonyl (C=O) groups is 1. The second-order valence-corrected chi connectivity index (χ2v) is 7.74. The first kappa shape index (κ1) is 21.1. The Morgan fingerprint density at radius 1 is 1.00 bits per heavy atom. The summed E-state index contributed by atoms with van der Waals surface area (Å²) in [5.41, 5.74) is 1.32. The van der Waals surface area contributed by atoms with Crippen molar-refractivity contribution in [3.05, 3.63) is 77.6 Å². The van der Waals surface area contributed by atoms with Gasteiger partial charge in [-0.1, -0.05) is 48.0 Å². The maximum Gasteiger partial charge on any atom is 0.263 e. The molecular formula is C23H24ClN5O2. The molecule has 7 nitrogen and oxygen atoms in total. The smallest absolute Gasteiger partial charge is 0.263 e. The highest BCUT2D eigenvalue weighted by Crippen LogP contribution is 2.19. The fraction of sp³-hybridized carbons (Fsp3) is 0.261. The zero-order valence-electron chi connectivity index (χ0n) is 17.1. The quantitative estimate of drug-likeness (QED) is 0.610. The number of ether oxygens (including phenoxy) is 1. The summed E-state index contributed by atoms with van der Waals surface area (Å²) in [4.78, 5) is 25.4. The van der Waals surface area contributed by atoms with Crippen LogP contribution in [-0.2, 0) is 11.3 Å². The molecule has 0 saturated carbocycles. The van der Waals surface area contributed by atoms with E-state index in [0.717, 1.165) is 38.5 Å². The van der Waals surface area contributed by atoms with Crippen LogP contribution in [0, 0.1) is 0 Å². The number of hydrogen-bond donors (Lipinski definition) is 1. The monoisotopic (exact) mass is 437 g/mol. The topological polar surface area (TPSA) is 70.6 Å². The van der Waals surface area contributed by atoms with Gasteiger partial charge in [0.2, 0.25) is 0 Å². The Hall–Kier alpha value is -3.16. The third kappa shape index (κ3) is 6.16. The Morgan fingerprint density at radius 3 is 2.58 bits per heavy atom. The molecule has 1 fully saturated rings. The van der Waals surface area contributed by atoms with Crippen LogP contribution in [-0.4, -0.2) is 53.6 Å². The molecule has 31 heavy (non-hydrogen) atoms. The molecule has 0 spiro atoms. The van der Waals surface area contributed by atoms with Gasteiger partial charge < -0.3 is 15.0 Å². The van der Waals surface area contributed by atoms with Crippen molar-refractivity contribution in [1.29, 1.82) is 0 Å². The van der Waals surface area contributed by atoms with Crippen LogP contribution in [0.5, 0.6) is 5.75 Å². The fourth-order valence-electron chi connectivity index (χ4n) is 3.45. The van der Waals surface area contributed by atoms with Gasteiger partial charge in [0.05, 0.1) is 0 Å². The lowest BCUT2D eigenvalue weighted by Gasteiger charge is -2.35. The summed E-state index contributed by atoms with van der Waals surface area (Å²) in [5.74, 6) is 1.51. The minimum atomic E-state index is -0.294. The minimum absolute atomic E-state index is 0.127. The van der Waals surface area contributed by atoms with Crippen LogP contribution in [0.25, 0.3) is 0 Å². The van der Waals surface area contributed by atoms with E-state index >= 15 is 0 Å². The number of hydrogen-bond acceptors (Lipinski definition) is 6. The third-order valence-electron chi connectivity index (χ3n) is 5.03. The van der Waals surface area contributed by atoms with Gasteiger partial charge in [-0.2, -0.15) is 0 Å². The molecular weight excluding hydrogens is 414 g/mol. The molecule has 4 rings (SSSR count). The molecule has 2 aromatic carbocycles. The molecule has 0 atom stereocenters. The molecule has 0 unspecified atom stereocenters. The highest BCUT2D eigenvalue weighted by Gasteiger charge is 2.19. The van der Waals surface area contributed by atoms with Crippen LogP contribution in [0.1, 0.15) is 5.56 Å². The summed E-state index contributed by atoms with van der Waals surface area (Å²) >= 11 is 5.93. The molecule has 2 heterocycles. The summed E-state index contributed by atoms with van der Waals surface area (Å²) in [6.45, 7) is 4.47. The van der Waals surface area contributed by atoms with Crippen LogP contribution >= 0.6 is 11.6 Å². The van der Waals surface area contributed by atoms with Crippen LogP contribution in [0.3, 0.4) is 0 Å². The number of halogens is 1. The van der Waals surface area contributed by atoms with E-state index in [1.165, 1.54) is 11.9 Å². The standard InChI is InChI=1S/C23H24ClN5O2/c24-19-7-4-8-20(13-19)31-16-23(30)27-21-14-22(26-17-25-21)29-11-9-28(10-12-29)15-18-5-2-1-3-6-18/h1-8,13-14,17H,9-12,15-16H2,(H,25,26,27,30). The van der Waals surface area contributed by atoms with Gasteiger partial charge in [0.15, 0.2) is 6.61 Å². The first-order chi connectivity index (χ1) is 15.2. The van der Waals surface area contributed by atoms with Crippen LogP contribution < -0.4 is 15.0 Å². The summed E-state index contributed by atoms with van der Waals surface area (Å²) in [7, 11) is 0. The summed E-state index contributed by atoms with van der Waals surface area (Å²) < 4.78 is 5.47. The number of nitrogens with one attached hydrogen (secondary N) is 1. The van der Waals surface area contributed by atoms with E-state index in [1.54, 1.807) is 30.3 Å².